The van der Waals surface area contributed by atoms with Crippen molar-refractivity contribution in [2.75, 3.05) is 26.0 Å². The summed E-state index contributed by atoms with van der Waals surface area (Å²) in [6.45, 7) is 5.33. The molecule has 5 nitrogen and oxygen atoms in total. The highest BCUT2D eigenvalue weighted by Gasteiger charge is 2.33. The molecule has 6 heteroatoms. The molecule has 1 aliphatic heterocycles. The number of hydrogen-bond acceptors (Lipinski definition) is 4. The molecule has 0 spiro atoms. The lowest BCUT2D eigenvalue weighted by Crippen LogP contribution is -2.31. The average Bonchev–Trinajstić information content (AvgIpc) is 2.59. The van der Waals surface area contributed by atoms with Crippen LogP contribution in [0.25, 0.3) is 0 Å². The van der Waals surface area contributed by atoms with Crippen molar-refractivity contribution < 1.29 is 17.9 Å². The van der Waals surface area contributed by atoms with E-state index in [2.05, 4.69) is 18.6 Å². The molecule has 2 unspecified atom stereocenters. The Morgan fingerprint density at radius 2 is 1.82 bits per heavy atom. The Morgan fingerprint density at radius 1 is 1.29 bits per heavy atom. The summed E-state index contributed by atoms with van der Waals surface area (Å²) >= 11 is 0. The second-order valence-electron chi connectivity index (χ2n) is 4.77. The fourth-order valence-electron chi connectivity index (χ4n) is 1.93. The van der Waals surface area contributed by atoms with Crippen LogP contribution in [0, 0.1) is 11.8 Å². The number of methoxy groups -OCH3 is 1. The third-order valence-corrected chi connectivity index (χ3v) is 5.25. The summed E-state index contributed by atoms with van der Waals surface area (Å²) in [5.41, 5.74) is 0. The van der Waals surface area contributed by atoms with E-state index in [0.29, 0.717) is 31.3 Å². The Labute approximate surface area is 103 Å². The Bertz CT molecular complexity index is 356. The molecule has 1 heterocycles. The Hall–Kier alpha value is -0.620. The number of hydrogen-bond donors (Lipinski definition) is 0. The highest BCUT2D eigenvalue weighted by atomic mass is 32.2. The topological polar surface area (TPSA) is 63.7 Å². The van der Waals surface area contributed by atoms with E-state index in [4.69, 9.17) is 0 Å². The molecule has 1 fully saturated rings. The molecular weight excluding hydrogens is 242 g/mol. The zero-order valence-electron chi connectivity index (χ0n) is 10.7. The van der Waals surface area contributed by atoms with Crippen molar-refractivity contribution >= 4 is 16.0 Å². The van der Waals surface area contributed by atoms with Crippen LogP contribution < -0.4 is 0 Å². The molecule has 0 aromatic carbocycles. The van der Waals surface area contributed by atoms with Gasteiger partial charge in [-0.3, -0.25) is 4.79 Å². The Morgan fingerprint density at radius 3 is 2.29 bits per heavy atom. The molecule has 0 amide bonds. The molecule has 0 aromatic heterocycles. The van der Waals surface area contributed by atoms with Crippen LogP contribution in [0.5, 0.6) is 0 Å². The molecule has 1 saturated heterocycles. The van der Waals surface area contributed by atoms with Gasteiger partial charge in [-0.25, -0.2) is 12.7 Å². The summed E-state index contributed by atoms with van der Waals surface area (Å²) < 4.78 is 30.0. The number of carbonyl (C=O) groups excluding carboxylic acids is 1. The first-order valence-corrected chi connectivity index (χ1v) is 7.52. The van der Waals surface area contributed by atoms with Gasteiger partial charge in [-0.15, -0.1) is 0 Å². The Balaban J connectivity index is 2.44. The molecule has 2 atom stereocenters. The van der Waals surface area contributed by atoms with Crippen molar-refractivity contribution in [1.82, 2.24) is 4.31 Å². The van der Waals surface area contributed by atoms with E-state index in [1.807, 2.05) is 0 Å². The first kappa shape index (κ1) is 14.4. The van der Waals surface area contributed by atoms with Crippen molar-refractivity contribution in [2.24, 2.45) is 11.8 Å². The summed E-state index contributed by atoms with van der Waals surface area (Å²) in [6.07, 6.45) is 0.489. The van der Waals surface area contributed by atoms with E-state index >= 15 is 0 Å². The zero-order valence-corrected chi connectivity index (χ0v) is 11.5. The fourth-order valence-corrected chi connectivity index (χ4v) is 3.63. The molecular formula is C11H21NO4S. The summed E-state index contributed by atoms with van der Waals surface area (Å²) in [5, 5.41) is 0. The summed E-state index contributed by atoms with van der Waals surface area (Å²) in [4.78, 5) is 10.9. The maximum Gasteiger partial charge on any atom is 0.305 e. The van der Waals surface area contributed by atoms with Crippen LogP contribution in [0.4, 0.5) is 0 Å². The van der Waals surface area contributed by atoms with Crippen molar-refractivity contribution in [3.05, 3.63) is 0 Å². The van der Waals surface area contributed by atoms with Gasteiger partial charge in [0.15, 0.2) is 0 Å². The predicted octanol–water partition coefficient (Wildman–Crippen LogP) is 0.857. The van der Waals surface area contributed by atoms with Gasteiger partial charge in [0.2, 0.25) is 10.0 Å². The van der Waals surface area contributed by atoms with Crippen molar-refractivity contribution in [3.63, 3.8) is 0 Å². The highest BCUT2D eigenvalue weighted by Crippen LogP contribution is 2.25. The quantitative estimate of drug-likeness (QED) is 0.690. The third kappa shape index (κ3) is 3.96. The van der Waals surface area contributed by atoms with Gasteiger partial charge in [-0.05, 0) is 18.3 Å². The van der Waals surface area contributed by atoms with Crippen LogP contribution in [-0.4, -0.2) is 44.6 Å². The highest BCUT2D eigenvalue weighted by molar-refractivity contribution is 7.89. The van der Waals surface area contributed by atoms with Gasteiger partial charge in [0.05, 0.1) is 12.9 Å². The minimum Gasteiger partial charge on any atom is -0.469 e. The monoisotopic (exact) mass is 263 g/mol. The van der Waals surface area contributed by atoms with Gasteiger partial charge in [-0.1, -0.05) is 13.8 Å². The SMILES string of the molecule is COC(=O)CCCS(=O)(=O)N1CC(C)C(C)C1. The first-order chi connectivity index (χ1) is 7.86. The maximum absolute atomic E-state index is 12.0. The number of nitrogens with zero attached hydrogens (tertiary/aromatic N) is 1. The zero-order chi connectivity index (χ0) is 13.1. The molecule has 0 aliphatic carbocycles. The number of sulfonamides is 1. The number of esters is 1. The van der Waals surface area contributed by atoms with Gasteiger partial charge < -0.3 is 4.74 Å². The summed E-state index contributed by atoms with van der Waals surface area (Å²) in [7, 11) is -1.90. The second kappa shape index (κ2) is 5.82. The average molecular weight is 263 g/mol. The van der Waals surface area contributed by atoms with Gasteiger partial charge in [0.1, 0.15) is 0 Å². The molecule has 0 aromatic rings. The van der Waals surface area contributed by atoms with Crippen LogP contribution in [-0.2, 0) is 19.6 Å². The lowest BCUT2D eigenvalue weighted by Gasteiger charge is -2.15. The lowest BCUT2D eigenvalue weighted by atomic mass is 10.0. The molecule has 0 N–H and O–H groups in total. The molecule has 0 saturated carbocycles. The van der Waals surface area contributed by atoms with E-state index in [9.17, 15) is 13.2 Å². The smallest absolute Gasteiger partial charge is 0.305 e. The standard InChI is InChI=1S/C11H21NO4S/c1-9-7-12(8-10(9)2)17(14,15)6-4-5-11(13)16-3/h9-10H,4-8H2,1-3H3. The van der Waals surface area contributed by atoms with Crippen LogP contribution in [0.3, 0.4) is 0 Å². The number of ether oxygens (including phenoxy) is 1. The lowest BCUT2D eigenvalue weighted by molar-refractivity contribution is -0.140. The van der Waals surface area contributed by atoms with Crippen LogP contribution >= 0.6 is 0 Å². The summed E-state index contributed by atoms with van der Waals surface area (Å²) in [6, 6.07) is 0. The van der Waals surface area contributed by atoms with E-state index < -0.39 is 10.0 Å². The molecule has 17 heavy (non-hydrogen) atoms. The summed E-state index contributed by atoms with van der Waals surface area (Å²) in [5.74, 6) is 0.487. The normalized spacial score (nSPS) is 26.1. The molecule has 100 valence electrons. The Kier molecular flexibility index (Phi) is 4.94. The van der Waals surface area contributed by atoms with Crippen LogP contribution in [0.2, 0.25) is 0 Å². The predicted molar refractivity (Wildman–Crippen MR) is 64.9 cm³/mol. The molecule has 0 bridgehead atoms. The minimum atomic E-state index is -3.20. The fraction of sp³-hybridized carbons (Fsp3) is 0.909. The maximum atomic E-state index is 12.0. The van der Waals surface area contributed by atoms with Crippen molar-refractivity contribution in [1.29, 1.82) is 0 Å². The number of carbonyl (C=O) groups is 1. The van der Waals surface area contributed by atoms with Gasteiger partial charge in [0, 0.05) is 19.5 Å². The van der Waals surface area contributed by atoms with Gasteiger partial charge in [0.25, 0.3) is 0 Å². The van der Waals surface area contributed by atoms with Gasteiger partial charge in [-0.2, -0.15) is 0 Å². The molecule has 0 radical (unpaired) electrons. The third-order valence-electron chi connectivity index (χ3n) is 3.36. The molecule has 1 aliphatic rings. The van der Waals surface area contributed by atoms with Crippen LogP contribution in [0.15, 0.2) is 0 Å². The van der Waals surface area contributed by atoms with E-state index in [1.54, 1.807) is 4.31 Å². The largest absolute Gasteiger partial charge is 0.469 e. The van der Waals surface area contributed by atoms with Gasteiger partial charge >= 0.3 is 5.97 Å². The van der Waals surface area contributed by atoms with E-state index in [-0.39, 0.29) is 18.1 Å². The minimum absolute atomic E-state index is 0.0293. The second-order valence-corrected chi connectivity index (χ2v) is 6.86. The van der Waals surface area contributed by atoms with Crippen LogP contribution in [0.1, 0.15) is 26.7 Å². The van der Waals surface area contributed by atoms with Crippen molar-refractivity contribution in [3.8, 4) is 0 Å². The van der Waals surface area contributed by atoms with E-state index in [1.165, 1.54) is 7.11 Å². The first-order valence-electron chi connectivity index (χ1n) is 5.91. The molecule has 1 rings (SSSR count). The van der Waals surface area contributed by atoms with E-state index in [0.717, 1.165) is 0 Å². The number of rotatable bonds is 5. The van der Waals surface area contributed by atoms with Crippen molar-refractivity contribution in [2.45, 2.75) is 26.7 Å².